The first kappa shape index (κ1) is 14.8. The highest BCUT2D eigenvalue weighted by molar-refractivity contribution is 5.92. The van der Waals surface area contributed by atoms with Crippen molar-refractivity contribution in [2.24, 2.45) is 12.8 Å². The SMILES string of the molecule is Cn1nccc1C1CCN(Cc2ccc(C(N)=O)cc2)CC1. The second kappa shape index (κ2) is 6.32. The fourth-order valence-electron chi connectivity index (χ4n) is 3.20. The van der Waals surface area contributed by atoms with E-state index in [1.54, 1.807) is 12.1 Å². The first-order valence-electron chi connectivity index (χ1n) is 7.72. The fraction of sp³-hybridized carbons (Fsp3) is 0.412. The molecule has 0 radical (unpaired) electrons. The second-order valence-electron chi connectivity index (χ2n) is 5.99. The maximum Gasteiger partial charge on any atom is 0.248 e. The average Bonchev–Trinajstić information content (AvgIpc) is 2.95. The Morgan fingerprint density at radius 2 is 1.91 bits per heavy atom. The van der Waals surface area contributed by atoms with Gasteiger partial charge in [0.2, 0.25) is 5.91 Å². The smallest absolute Gasteiger partial charge is 0.248 e. The Kier molecular flexibility index (Phi) is 4.24. The molecule has 0 saturated carbocycles. The lowest BCUT2D eigenvalue weighted by atomic mass is 9.93. The molecule has 2 heterocycles. The van der Waals surface area contributed by atoms with Crippen molar-refractivity contribution in [1.29, 1.82) is 0 Å². The Morgan fingerprint density at radius 1 is 1.23 bits per heavy atom. The molecule has 1 aliphatic rings. The summed E-state index contributed by atoms with van der Waals surface area (Å²) in [6.07, 6.45) is 4.21. The molecule has 1 aliphatic heterocycles. The van der Waals surface area contributed by atoms with Crippen LogP contribution < -0.4 is 5.73 Å². The van der Waals surface area contributed by atoms with Crippen LogP contribution in [0.5, 0.6) is 0 Å². The van der Waals surface area contributed by atoms with E-state index in [0.717, 1.165) is 19.6 Å². The fourth-order valence-corrected chi connectivity index (χ4v) is 3.20. The van der Waals surface area contributed by atoms with Gasteiger partial charge in [-0.1, -0.05) is 12.1 Å². The molecule has 0 bridgehead atoms. The number of hydrogen-bond donors (Lipinski definition) is 1. The number of carbonyl (C=O) groups is 1. The monoisotopic (exact) mass is 298 g/mol. The Morgan fingerprint density at radius 3 is 2.45 bits per heavy atom. The van der Waals surface area contributed by atoms with Gasteiger partial charge in [-0.3, -0.25) is 14.4 Å². The molecular formula is C17H22N4O. The van der Waals surface area contributed by atoms with E-state index in [2.05, 4.69) is 16.1 Å². The number of benzene rings is 1. The first-order valence-corrected chi connectivity index (χ1v) is 7.72. The van der Waals surface area contributed by atoms with E-state index < -0.39 is 0 Å². The van der Waals surface area contributed by atoms with Crippen LogP contribution in [0.2, 0.25) is 0 Å². The topological polar surface area (TPSA) is 64.2 Å². The molecule has 2 N–H and O–H groups in total. The molecule has 0 atom stereocenters. The molecule has 1 amide bonds. The summed E-state index contributed by atoms with van der Waals surface area (Å²) in [5.74, 6) is 0.240. The Bertz CT molecular complexity index is 639. The van der Waals surface area contributed by atoms with Gasteiger partial charge in [-0.25, -0.2) is 0 Å². The van der Waals surface area contributed by atoms with Gasteiger partial charge in [0.25, 0.3) is 0 Å². The summed E-state index contributed by atoms with van der Waals surface area (Å²) in [5.41, 5.74) is 8.40. The van der Waals surface area contributed by atoms with Crippen LogP contribution in [0.4, 0.5) is 0 Å². The lowest BCUT2D eigenvalue weighted by Gasteiger charge is -2.32. The van der Waals surface area contributed by atoms with Gasteiger partial charge >= 0.3 is 0 Å². The molecular weight excluding hydrogens is 276 g/mol. The van der Waals surface area contributed by atoms with Gasteiger partial charge in [0.1, 0.15) is 0 Å². The van der Waals surface area contributed by atoms with Crippen molar-refractivity contribution < 1.29 is 4.79 Å². The highest BCUT2D eigenvalue weighted by atomic mass is 16.1. The quantitative estimate of drug-likeness (QED) is 0.937. The Balaban J connectivity index is 1.55. The predicted molar refractivity (Wildman–Crippen MR) is 85.4 cm³/mol. The van der Waals surface area contributed by atoms with Gasteiger partial charge in [-0.15, -0.1) is 0 Å². The molecule has 5 nitrogen and oxygen atoms in total. The second-order valence-corrected chi connectivity index (χ2v) is 5.99. The van der Waals surface area contributed by atoms with Gasteiger partial charge in [0.05, 0.1) is 0 Å². The van der Waals surface area contributed by atoms with Crippen LogP contribution in [-0.4, -0.2) is 33.7 Å². The lowest BCUT2D eigenvalue weighted by Crippen LogP contribution is -2.33. The zero-order valence-electron chi connectivity index (χ0n) is 12.9. The Hall–Kier alpha value is -2.14. The average molecular weight is 298 g/mol. The van der Waals surface area contributed by atoms with Crippen molar-refractivity contribution >= 4 is 5.91 Å². The molecule has 3 rings (SSSR count). The number of likely N-dealkylation sites (tertiary alicyclic amines) is 1. The third kappa shape index (κ3) is 3.20. The minimum Gasteiger partial charge on any atom is -0.366 e. The van der Waals surface area contributed by atoms with Crippen LogP contribution in [0.15, 0.2) is 36.5 Å². The molecule has 0 unspecified atom stereocenters. The number of primary amides is 1. The van der Waals surface area contributed by atoms with Crippen molar-refractivity contribution in [2.75, 3.05) is 13.1 Å². The van der Waals surface area contributed by atoms with E-state index in [-0.39, 0.29) is 5.91 Å². The highest BCUT2D eigenvalue weighted by Gasteiger charge is 2.22. The summed E-state index contributed by atoms with van der Waals surface area (Å²) >= 11 is 0. The molecule has 1 aromatic carbocycles. The van der Waals surface area contributed by atoms with Gasteiger partial charge in [-0.2, -0.15) is 5.10 Å². The zero-order valence-corrected chi connectivity index (χ0v) is 12.9. The molecule has 1 aromatic heterocycles. The lowest BCUT2D eigenvalue weighted by molar-refractivity contribution is 0.100. The minimum atomic E-state index is -0.372. The highest BCUT2D eigenvalue weighted by Crippen LogP contribution is 2.28. The van der Waals surface area contributed by atoms with Crippen molar-refractivity contribution in [3.05, 3.63) is 53.3 Å². The summed E-state index contributed by atoms with van der Waals surface area (Å²) in [6.45, 7) is 3.11. The van der Waals surface area contributed by atoms with Crippen molar-refractivity contribution in [1.82, 2.24) is 14.7 Å². The number of piperidine rings is 1. The van der Waals surface area contributed by atoms with Crippen LogP contribution in [-0.2, 0) is 13.6 Å². The van der Waals surface area contributed by atoms with E-state index in [0.29, 0.717) is 11.5 Å². The zero-order chi connectivity index (χ0) is 15.5. The molecule has 5 heteroatoms. The summed E-state index contributed by atoms with van der Waals surface area (Å²) < 4.78 is 1.99. The molecule has 116 valence electrons. The molecule has 0 aliphatic carbocycles. The molecule has 22 heavy (non-hydrogen) atoms. The van der Waals surface area contributed by atoms with E-state index >= 15 is 0 Å². The molecule has 2 aromatic rings. The summed E-state index contributed by atoms with van der Waals surface area (Å²) in [4.78, 5) is 13.5. The number of carbonyl (C=O) groups excluding carboxylic acids is 1. The summed E-state index contributed by atoms with van der Waals surface area (Å²) in [6, 6.07) is 9.73. The van der Waals surface area contributed by atoms with Crippen LogP contribution in [0.25, 0.3) is 0 Å². The van der Waals surface area contributed by atoms with Crippen molar-refractivity contribution in [2.45, 2.75) is 25.3 Å². The number of aromatic nitrogens is 2. The predicted octanol–water partition coefficient (Wildman–Crippen LogP) is 1.90. The van der Waals surface area contributed by atoms with Crippen LogP contribution >= 0.6 is 0 Å². The van der Waals surface area contributed by atoms with E-state index in [1.807, 2.05) is 30.1 Å². The maximum atomic E-state index is 11.1. The summed E-state index contributed by atoms with van der Waals surface area (Å²) in [5, 5.41) is 4.27. The number of nitrogens with two attached hydrogens (primary N) is 1. The number of rotatable bonds is 4. The number of hydrogen-bond acceptors (Lipinski definition) is 3. The maximum absolute atomic E-state index is 11.1. The van der Waals surface area contributed by atoms with Gasteiger partial charge in [-0.05, 0) is 49.7 Å². The molecule has 1 fully saturated rings. The van der Waals surface area contributed by atoms with Crippen LogP contribution in [0.1, 0.15) is 40.4 Å². The van der Waals surface area contributed by atoms with E-state index in [4.69, 9.17) is 5.73 Å². The van der Waals surface area contributed by atoms with Crippen molar-refractivity contribution in [3.8, 4) is 0 Å². The van der Waals surface area contributed by atoms with Gasteiger partial charge in [0, 0.05) is 37.0 Å². The van der Waals surface area contributed by atoms with Crippen LogP contribution in [0, 0.1) is 0 Å². The van der Waals surface area contributed by atoms with Gasteiger partial charge < -0.3 is 5.73 Å². The van der Waals surface area contributed by atoms with Gasteiger partial charge in [0.15, 0.2) is 0 Å². The largest absolute Gasteiger partial charge is 0.366 e. The first-order chi connectivity index (χ1) is 10.6. The molecule has 0 spiro atoms. The third-order valence-electron chi connectivity index (χ3n) is 4.51. The van der Waals surface area contributed by atoms with E-state index in [1.165, 1.54) is 24.1 Å². The minimum absolute atomic E-state index is 0.372. The van der Waals surface area contributed by atoms with E-state index in [9.17, 15) is 4.79 Å². The van der Waals surface area contributed by atoms with Crippen molar-refractivity contribution in [3.63, 3.8) is 0 Å². The standard InChI is InChI=1S/C17H22N4O/c1-20-16(6-9-19-20)14-7-10-21(11-8-14)12-13-2-4-15(5-3-13)17(18)22/h2-6,9,14H,7-8,10-12H2,1H3,(H2,18,22). The molecule has 1 saturated heterocycles. The normalized spacial score (nSPS) is 16.8. The summed E-state index contributed by atoms with van der Waals surface area (Å²) in [7, 11) is 2.02. The Labute approximate surface area is 130 Å². The van der Waals surface area contributed by atoms with Crippen LogP contribution in [0.3, 0.4) is 0 Å². The third-order valence-corrected chi connectivity index (χ3v) is 4.51. The number of aryl methyl sites for hydroxylation is 1. The number of amides is 1. The number of nitrogens with zero attached hydrogens (tertiary/aromatic N) is 3.